The second-order valence-corrected chi connectivity index (χ2v) is 8.87. The Hall–Kier alpha value is -3.11. The van der Waals surface area contributed by atoms with Gasteiger partial charge >= 0.3 is 0 Å². The van der Waals surface area contributed by atoms with Crippen molar-refractivity contribution in [3.8, 4) is 11.5 Å². The Kier molecular flexibility index (Phi) is 8.46. The lowest BCUT2D eigenvalue weighted by molar-refractivity contribution is -0.115. The summed E-state index contributed by atoms with van der Waals surface area (Å²) >= 11 is 2.49. The monoisotopic (exact) mass is 472 g/mol. The van der Waals surface area contributed by atoms with Crippen molar-refractivity contribution in [3.05, 3.63) is 53.6 Å². The summed E-state index contributed by atoms with van der Waals surface area (Å²) in [5.74, 6) is 1.01. The third-order valence-electron chi connectivity index (χ3n) is 4.44. The van der Waals surface area contributed by atoms with Crippen LogP contribution in [-0.4, -0.2) is 42.0 Å². The van der Waals surface area contributed by atoms with E-state index in [2.05, 4.69) is 27.8 Å². The molecule has 0 aliphatic carbocycles. The number of nitrogens with one attached hydrogen (secondary N) is 2. The molecular formula is C22H24N4O4S2. The van der Waals surface area contributed by atoms with E-state index in [1.54, 1.807) is 32.4 Å². The minimum atomic E-state index is -0.224. The molecule has 2 aromatic carbocycles. The van der Waals surface area contributed by atoms with Crippen molar-refractivity contribution in [3.63, 3.8) is 0 Å². The first-order valence-corrected chi connectivity index (χ1v) is 11.7. The van der Waals surface area contributed by atoms with Gasteiger partial charge in [-0.3, -0.25) is 9.59 Å². The van der Waals surface area contributed by atoms with Crippen LogP contribution in [0.3, 0.4) is 0 Å². The first kappa shape index (κ1) is 23.6. The van der Waals surface area contributed by atoms with E-state index in [1.807, 2.05) is 24.3 Å². The van der Waals surface area contributed by atoms with Gasteiger partial charge in [-0.1, -0.05) is 48.2 Å². The van der Waals surface area contributed by atoms with Gasteiger partial charge in [-0.2, -0.15) is 0 Å². The van der Waals surface area contributed by atoms with Crippen LogP contribution in [0.5, 0.6) is 11.5 Å². The zero-order valence-electron chi connectivity index (χ0n) is 18.0. The van der Waals surface area contributed by atoms with Gasteiger partial charge in [0.15, 0.2) is 15.8 Å². The van der Waals surface area contributed by atoms with E-state index in [0.29, 0.717) is 21.0 Å². The summed E-state index contributed by atoms with van der Waals surface area (Å²) in [5, 5.41) is 14.0. The lowest BCUT2D eigenvalue weighted by atomic mass is 10.1. The van der Waals surface area contributed by atoms with Gasteiger partial charge < -0.3 is 20.1 Å². The molecule has 0 spiro atoms. The number of benzene rings is 2. The number of thioether (sulfide) groups is 1. The summed E-state index contributed by atoms with van der Waals surface area (Å²) in [6.07, 6.45) is 1.11. The zero-order valence-corrected chi connectivity index (χ0v) is 19.6. The molecular weight excluding hydrogens is 448 g/mol. The van der Waals surface area contributed by atoms with E-state index in [-0.39, 0.29) is 24.0 Å². The van der Waals surface area contributed by atoms with Crippen LogP contribution in [0.2, 0.25) is 0 Å². The molecule has 1 heterocycles. The molecule has 0 radical (unpaired) electrons. The van der Waals surface area contributed by atoms with Crippen LogP contribution in [0, 0.1) is 0 Å². The molecule has 10 heteroatoms. The highest BCUT2D eigenvalue weighted by molar-refractivity contribution is 8.01. The van der Waals surface area contributed by atoms with Gasteiger partial charge in [0, 0.05) is 5.69 Å². The quantitative estimate of drug-likeness (QED) is 0.339. The van der Waals surface area contributed by atoms with Crippen molar-refractivity contribution in [1.82, 2.24) is 10.2 Å². The smallest absolute Gasteiger partial charge is 0.234 e. The molecule has 0 aliphatic rings. The van der Waals surface area contributed by atoms with Crippen LogP contribution in [0.4, 0.5) is 10.8 Å². The summed E-state index contributed by atoms with van der Waals surface area (Å²) in [4.78, 5) is 24.5. The number of amides is 2. The molecule has 1 aromatic heterocycles. The highest BCUT2D eigenvalue weighted by atomic mass is 32.2. The summed E-state index contributed by atoms with van der Waals surface area (Å²) < 4.78 is 11.1. The number of methoxy groups -OCH3 is 2. The number of hydrogen-bond acceptors (Lipinski definition) is 8. The Morgan fingerprint density at radius 3 is 2.34 bits per heavy atom. The topological polar surface area (TPSA) is 102 Å². The molecule has 0 unspecified atom stereocenters. The second kappa shape index (κ2) is 11.5. The van der Waals surface area contributed by atoms with Crippen LogP contribution < -0.4 is 20.1 Å². The average molecular weight is 473 g/mol. The van der Waals surface area contributed by atoms with Gasteiger partial charge in [-0.15, -0.1) is 10.2 Å². The maximum absolute atomic E-state index is 12.3. The standard InChI is InChI=1S/C22H24N4O4S2/c1-4-14-5-8-16(9-6-14)23-20(28)13-31-22-26-25-21(32-22)24-19(27)12-15-7-10-17(29-2)18(11-15)30-3/h5-11H,4,12-13H2,1-3H3,(H,23,28)(H,24,25,27). The Labute approximate surface area is 194 Å². The molecule has 3 aromatic rings. The Balaban J connectivity index is 1.47. The number of carbonyl (C=O) groups is 2. The van der Waals surface area contributed by atoms with Gasteiger partial charge in [0.1, 0.15) is 0 Å². The first-order chi connectivity index (χ1) is 15.5. The Bertz CT molecular complexity index is 1070. The number of aromatic nitrogens is 2. The number of anilines is 2. The average Bonchev–Trinajstić information content (AvgIpc) is 3.25. The Morgan fingerprint density at radius 2 is 1.66 bits per heavy atom. The molecule has 0 saturated carbocycles. The second-order valence-electron chi connectivity index (χ2n) is 6.67. The van der Waals surface area contributed by atoms with E-state index in [0.717, 1.165) is 17.7 Å². The molecule has 2 N–H and O–H groups in total. The fourth-order valence-corrected chi connectivity index (χ4v) is 4.37. The highest BCUT2D eigenvalue weighted by Crippen LogP contribution is 2.28. The van der Waals surface area contributed by atoms with Crippen molar-refractivity contribution in [2.24, 2.45) is 0 Å². The highest BCUT2D eigenvalue weighted by Gasteiger charge is 2.13. The predicted molar refractivity (Wildman–Crippen MR) is 127 cm³/mol. The molecule has 0 atom stereocenters. The number of ether oxygens (including phenoxy) is 2. The number of aryl methyl sites for hydroxylation is 1. The van der Waals surface area contributed by atoms with Crippen molar-refractivity contribution >= 4 is 45.7 Å². The van der Waals surface area contributed by atoms with Crippen molar-refractivity contribution in [2.45, 2.75) is 24.1 Å². The van der Waals surface area contributed by atoms with Crippen molar-refractivity contribution in [2.75, 3.05) is 30.6 Å². The third kappa shape index (κ3) is 6.69. The summed E-state index contributed by atoms with van der Waals surface area (Å²) in [7, 11) is 3.10. The Morgan fingerprint density at radius 1 is 0.938 bits per heavy atom. The minimum absolute atomic E-state index is 0.131. The zero-order chi connectivity index (χ0) is 22.9. The van der Waals surface area contributed by atoms with E-state index in [4.69, 9.17) is 9.47 Å². The molecule has 0 fully saturated rings. The summed E-state index contributed by atoms with van der Waals surface area (Å²) in [5.41, 5.74) is 2.75. The van der Waals surface area contributed by atoms with Gasteiger partial charge in [-0.05, 0) is 41.8 Å². The van der Waals surface area contributed by atoms with E-state index in [1.165, 1.54) is 28.7 Å². The van der Waals surface area contributed by atoms with Crippen LogP contribution in [0.15, 0.2) is 46.8 Å². The van der Waals surface area contributed by atoms with Crippen LogP contribution >= 0.6 is 23.1 Å². The first-order valence-electron chi connectivity index (χ1n) is 9.86. The minimum Gasteiger partial charge on any atom is -0.493 e. The predicted octanol–water partition coefficient (Wildman–Crippen LogP) is 4.03. The van der Waals surface area contributed by atoms with Gasteiger partial charge in [0.2, 0.25) is 16.9 Å². The van der Waals surface area contributed by atoms with E-state index in [9.17, 15) is 9.59 Å². The maximum Gasteiger partial charge on any atom is 0.234 e. The van der Waals surface area contributed by atoms with Crippen molar-refractivity contribution in [1.29, 1.82) is 0 Å². The molecule has 2 amide bonds. The molecule has 168 valence electrons. The van der Waals surface area contributed by atoms with Crippen LogP contribution in [-0.2, 0) is 22.4 Å². The number of rotatable bonds is 10. The fraction of sp³-hybridized carbons (Fsp3) is 0.273. The largest absolute Gasteiger partial charge is 0.493 e. The number of carbonyl (C=O) groups excluding carboxylic acids is 2. The van der Waals surface area contributed by atoms with Gasteiger partial charge in [0.05, 0.1) is 26.4 Å². The number of hydrogen-bond donors (Lipinski definition) is 2. The lowest BCUT2D eigenvalue weighted by Gasteiger charge is -2.09. The van der Waals surface area contributed by atoms with Gasteiger partial charge in [0.25, 0.3) is 0 Å². The molecule has 3 rings (SSSR count). The number of nitrogens with zero attached hydrogens (tertiary/aromatic N) is 2. The normalized spacial score (nSPS) is 10.5. The fourth-order valence-electron chi connectivity index (χ4n) is 2.81. The molecule has 0 aliphatic heterocycles. The lowest BCUT2D eigenvalue weighted by Crippen LogP contribution is -2.14. The van der Waals surface area contributed by atoms with Crippen molar-refractivity contribution < 1.29 is 19.1 Å². The molecule has 8 nitrogen and oxygen atoms in total. The third-order valence-corrected chi connectivity index (χ3v) is 6.41. The summed E-state index contributed by atoms with van der Waals surface area (Å²) in [6, 6.07) is 13.1. The SMILES string of the molecule is CCc1ccc(NC(=O)CSc2nnc(NC(=O)Cc3ccc(OC)c(OC)c3)s2)cc1. The summed E-state index contributed by atoms with van der Waals surface area (Å²) in [6.45, 7) is 2.08. The van der Waals surface area contributed by atoms with E-state index < -0.39 is 0 Å². The van der Waals surface area contributed by atoms with E-state index >= 15 is 0 Å². The maximum atomic E-state index is 12.3. The van der Waals surface area contributed by atoms with Gasteiger partial charge in [-0.25, -0.2) is 0 Å². The molecule has 0 saturated heterocycles. The molecule has 32 heavy (non-hydrogen) atoms. The van der Waals surface area contributed by atoms with Crippen LogP contribution in [0.25, 0.3) is 0 Å². The molecule has 0 bridgehead atoms. The van der Waals surface area contributed by atoms with Crippen LogP contribution in [0.1, 0.15) is 18.1 Å².